The quantitative estimate of drug-likeness (QED) is 0.794. The predicted molar refractivity (Wildman–Crippen MR) is 76.6 cm³/mol. The summed E-state index contributed by atoms with van der Waals surface area (Å²) in [6, 6.07) is 9.84. The van der Waals surface area contributed by atoms with E-state index in [1.807, 2.05) is 42.2 Å². The van der Waals surface area contributed by atoms with Gasteiger partial charge in [-0.1, -0.05) is 25.1 Å². The van der Waals surface area contributed by atoms with Gasteiger partial charge in [-0.2, -0.15) is 0 Å². The summed E-state index contributed by atoms with van der Waals surface area (Å²) in [5, 5.41) is 0. The lowest BCUT2D eigenvalue weighted by Crippen LogP contribution is -2.44. The third-order valence-corrected chi connectivity index (χ3v) is 3.92. The Morgan fingerprint density at radius 1 is 1.37 bits per heavy atom. The number of piperidine rings is 1. The molecular formula is C15H20ClNO2. The molecule has 0 bridgehead atoms. The Hall–Kier alpha value is -1.22. The van der Waals surface area contributed by atoms with E-state index in [4.69, 9.17) is 16.3 Å². The summed E-state index contributed by atoms with van der Waals surface area (Å²) in [6.45, 7) is 3.40. The number of likely N-dealkylation sites (tertiary alicyclic amines) is 1. The zero-order valence-electron chi connectivity index (χ0n) is 11.2. The molecule has 1 saturated heterocycles. The largest absolute Gasteiger partial charge is 0.490 e. The topological polar surface area (TPSA) is 29.5 Å². The smallest absolute Gasteiger partial charge is 0.226 e. The van der Waals surface area contributed by atoms with Crippen molar-refractivity contribution in [2.24, 2.45) is 5.92 Å². The van der Waals surface area contributed by atoms with Crippen molar-refractivity contribution >= 4 is 17.5 Å². The minimum Gasteiger partial charge on any atom is -0.490 e. The standard InChI is InChI=1S/C15H20ClNO2/c1-12(11-16)15(18)17-9-7-14(8-10-17)19-13-5-3-2-4-6-13/h2-6,12,14H,7-11H2,1H3. The molecule has 1 aromatic carbocycles. The normalized spacial score (nSPS) is 18.1. The summed E-state index contributed by atoms with van der Waals surface area (Å²) >= 11 is 5.73. The summed E-state index contributed by atoms with van der Waals surface area (Å²) in [4.78, 5) is 13.9. The van der Waals surface area contributed by atoms with Crippen LogP contribution in [0.3, 0.4) is 0 Å². The average Bonchev–Trinajstić information content (AvgIpc) is 2.47. The highest BCUT2D eigenvalue weighted by Gasteiger charge is 2.26. The zero-order valence-corrected chi connectivity index (χ0v) is 12.0. The van der Waals surface area contributed by atoms with Crippen LogP contribution in [0, 0.1) is 5.92 Å². The fourth-order valence-corrected chi connectivity index (χ4v) is 2.40. The Morgan fingerprint density at radius 3 is 2.58 bits per heavy atom. The van der Waals surface area contributed by atoms with Crippen LogP contribution in [0.5, 0.6) is 5.75 Å². The molecular weight excluding hydrogens is 262 g/mol. The van der Waals surface area contributed by atoms with Crippen LogP contribution < -0.4 is 4.74 Å². The Kier molecular flexibility index (Phi) is 5.08. The van der Waals surface area contributed by atoms with Crippen LogP contribution in [0.2, 0.25) is 0 Å². The molecule has 0 spiro atoms. The average molecular weight is 282 g/mol. The molecule has 1 aromatic rings. The fourth-order valence-electron chi connectivity index (χ4n) is 2.26. The molecule has 0 radical (unpaired) electrons. The van der Waals surface area contributed by atoms with Crippen molar-refractivity contribution in [1.82, 2.24) is 4.90 Å². The number of rotatable bonds is 4. The van der Waals surface area contributed by atoms with Crippen LogP contribution in [0.4, 0.5) is 0 Å². The van der Waals surface area contributed by atoms with Gasteiger partial charge in [-0.25, -0.2) is 0 Å². The maximum absolute atomic E-state index is 12.0. The van der Waals surface area contributed by atoms with E-state index in [2.05, 4.69) is 0 Å². The van der Waals surface area contributed by atoms with Gasteiger partial charge in [0.2, 0.25) is 5.91 Å². The van der Waals surface area contributed by atoms with Gasteiger partial charge in [0.05, 0.1) is 0 Å². The first-order chi connectivity index (χ1) is 9.20. The van der Waals surface area contributed by atoms with E-state index in [1.165, 1.54) is 0 Å². The summed E-state index contributed by atoms with van der Waals surface area (Å²) in [5.74, 6) is 1.36. The van der Waals surface area contributed by atoms with E-state index in [0.29, 0.717) is 5.88 Å². The molecule has 1 heterocycles. The van der Waals surface area contributed by atoms with Crippen molar-refractivity contribution in [3.05, 3.63) is 30.3 Å². The first kappa shape index (κ1) is 14.2. The number of amides is 1. The van der Waals surface area contributed by atoms with Gasteiger partial charge in [0, 0.05) is 37.7 Å². The maximum atomic E-state index is 12.0. The predicted octanol–water partition coefficient (Wildman–Crippen LogP) is 2.93. The second kappa shape index (κ2) is 6.80. The molecule has 0 N–H and O–H groups in total. The molecule has 1 amide bonds. The van der Waals surface area contributed by atoms with Crippen LogP contribution in [-0.4, -0.2) is 35.9 Å². The third-order valence-electron chi connectivity index (χ3n) is 3.45. The molecule has 0 aromatic heterocycles. The monoisotopic (exact) mass is 281 g/mol. The maximum Gasteiger partial charge on any atom is 0.226 e. The van der Waals surface area contributed by atoms with Gasteiger partial charge in [0.1, 0.15) is 11.9 Å². The fraction of sp³-hybridized carbons (Fsp3) is 0.533. The van der Waals surface area contributed by atoms with Crippen molar-refractivity contribution in [2.75, 3.05) is 19.0 Å². The van der Waals surface area contributed by atoms with E-state index < -0.39 is 0 Å². The summed E-state index contributed by atoms with van der Waals surface area (Å²) in [7, 11) is 0. The number of carbonyl (C=O) groups excluding carboxylic acids is 1. The molecule has 0 aliphatic carbocycles. The van der Waals surface area contributed by atoms with Crippen molar-refractivity contribution in [3.63, 3.8) is 0 Å². The van der Waals surface area contributed by atoms with Crippen LogP contribution >= 0.6 is 11.6 Å². The number of nitrogens with zero attached hydrogens (tertiary/aromatic N) is 1. The lowest BCUT2D eigenvalue weighted by Gasteiger charge is -2.33. The second-order valence-corrected chi connectivity index (χ2v) is 5.32. The number of benzene rings is 1. The number of hydrogen-bond acceptors (Lipinski definition) is 2. The summed E-state index contributed by atoms with van der Waals surface area (Å²) < 4.78 is 5.91. The van der Waals surface area contributed by atoms with Gasteiger partial charge in [-0.3, -0.25) is 4.79 Å². The van der Waals surface area contributed by atoms with E-state index >= 15 is 0 Å². The summed E-state index contributed by atoms with van der Waals surface area (Å²) in [6.07, 6.45) is 1.98. The lowest BCUT2D eigenvalue weighted by molar-refractivity contribution is -0.136. The highest BCUT2D eigenvalue weighted by molar-refractivity contribution is 6.19. The number of hydrogen-bond donors (Lipinski definition) is 0. The van der Waals surface area contributed by atoms with Crippen LogP contribution in [0.15, 0.2) is 30.3 Å². The van der Waals surface area contributed by atoms with E-state index in [0.717, 1.165) is 31.7 Å². The minimum atomic E-state index is -0.0896. The molecule has 3 nitrogen and oxygen atoms in total. The number of para-hydroxylation sites is 1. The van der Waals surface area contributed by atoms with E-state index in [-0.39, 0.29) is 17.9 Å². The van der Waals surface area contributed by atoms with Crippen molar-refractivity contribution in [3.8, 4) is 5.75 Å². The molecule has 1 fully saturated rings. The molecule has 1 aliphatic heterocycles. The number of alkyl halides is 1. The first-order valence-electron chi connectivity index (χ1n) is 6.77. The van der Waals surface area contributed by atoms with Crippen molar-refractivity contribution in [2.45, 2.75) is 25.9 Å². The second-order valence-electron chi connectivity index (χ2n) is 5.01. The first-order valence-corrected chi connectivity index (χ1v) is 7.30. The van der Waals surface area contributed by atoms with Gasteiger partial charge in [-0.05, 0) is 12.1 Å². The van der Waals surface area contributed by atoms with Gasteiger partial charge >= 0.3 is 0 Å². The molecule has 19 heavy (non-hydrogen) atoms. The number of ether oxygens (including phenoxy) is 1. The molecule has 2 rings (SSSR count). The van der Waals surface area contributed by atoms with E-state index in [1.54, 1.807) is 0 Å². The SMILES string of the molecule is CC(CCl)C(=O)N1CCC(Oc2ccccc2)CC1. The minimum absolute atomic E-state index is 0.0896. The number of halogens is 1. The third kappa shape index (κ3) is 3.87. The molecule has 4 heteroatoms. The van der Waals surface area contributed by atoms with E-state index in [9.17, 15) is 4.79 Å². The molecule has 1 unspecified atom stereocenters. The molecule has 0 saturated carbocycles. The van der Waals surface area contributed by atoms with Crippen LogP contribution in [0.25, 0.3) is 0 Å². The van der Waals surface area contributed by atoms with Gasteiger partial charge in [0.15, 0.2) is 0 Å². The molecule has 104 valence electrons. The van der Waals surface area contributed by atoms with Gasteiger partial charge in [-0.15, -0.1) is 11.6 Å². The Balaban J connectivity index is 1.81. The van der Waals surface area contributed by atoms with Crippen LogP contribution in [-0.2, 0) is 4.79 Å². The lowest BCUT2D eigenvalue weighted by atomic mass is 10.1. The molecule has 1 atom stereocenters. The zero-order chi connectivity index (χ0) is 13.7. The molecule has 1 aliphatic rings. The highest BCUT2D eigenvalue weighted by atomic mass is 35.5. The van der Waals surface area contributed by atoms with Gasteiger partial charge < -0.3 is 9.64 Å². The Morgan fingerprint density at radius 2 is 2.00 bits per heavy atom. The Labute approximate surface area is 119 Å². The van der Waals surface area contributed by atoms with Crippen molar-refractivity contribution in [1.29, 1.82) is 0 Å². The van der Waals surface area contributed by atoms with Crippen LogP contribution in [0.1, 0.15) is 19.8 Å². The number of carbonyl (C=O) groups is 1. The summed E-state index contributed by atoms with van der Waals surface area (Å²) in [5.41, 5.74) is 0. The Bertz CT molecular complexity index is 402. The van der Waals surface area contributed by atoms with Crippen molar-refractivity contribution < 1.29 is 9.53 Å². The highest BCUT2D eigenvalue weighted by Crippen LogP contribution is 2.19. The van der Waals surface area contributed by atoms with Gasteiger partial charge in [0.25, 0.3) is 0 Å².